The van der Waals surface area contributed by atoms with E-state index < -0.39 is 0 Å². The van der Waals surface area contributed by atoms with E-state index in [1.165, 1.54) is 24.1 Å². The molecular formula is C11H16N2. The zero-order valence-electron chi connectivity index (χ0n) is 8.30. The number of hydrogen-bond donors (Lipinski definition) is 1. The van der Waals surface area contributed by atoms with Gasteiger partial charge in [0.1, 0.15) is 0 Å². The van der Waals surface area contributed by atoms with Crippen molar-refractivity contribution >= 4 is 5.69 Å². The second-order valence-electron chi connectivity index (χ2n) is 3.98. The van der Waals surface area contributed by atoms with E-state index in [1.54, 1.807) is 0 Å². The molecule has 1 heterocycles. The van der Waals surface area contributed by atoms with Crippen molar-refractivity contribution in [2.24, 2.45) is 0 Å². The molecule has 0 radical (unpaired) electrons. The molecule has 70 valence electrons. The molecule has 2 rings (SSSR count). The maximum atomic E-state index is 4.45. The lowest BCUT2D eigenvalue weighted by molar-refractivity contribution is 0.895. The third-order valence-electron chi connectivity index (χ3n) is 2.37. The highest BCUT2D eigenvalue weighted by atomic mass is 14.9. The molecule has 1 N–H and O–H groups in total. The van der Waals surface area contributed by atoms with Crippen LogP contribution < -0.4 is 5.32 Å². The van der Waals surface area contributed by atoms with Gasteiger partial charge in [-0.15, -0.1) is 0 Å². The predicted octanol–water partition coefficient (Wildman–Crippen LogP) is 2.39. The van der Waals surface area contributed by atoms with Crippen molar-refractivity contribution in [3.8, 4) is 0 Å². The van der Waals surface area contributed by atoms with Crippen LogP contribution in [0.3, 0.4) is 0 Å². The van der Waals surface area contributed by atoms with E-state index in [2.05, 4.69) is 30.2 Å². The summed E-state index contributed by atoms with van der Waals surface area (Å²) in [4.78, 5) is 4.45. The summed E-state index contributed by atoms with van der Waals surface area (Å²) in [7, 11) is 0. The molecule has 0 atom stereocenters. The Hall–Kier alpha value is -1.05. The van der Waals surface area contributed by atoms with Gasteiger partial charge in [-0.05, 0) is 44.7 Å². The molecule has 0 bridgehead atoms. The van der Waals surface area contributed by atoms with Gasteiger partial charge in [-0.25, -0.2) is 0 Å². The summed E-state index contributed by atoms with van der Waals surface area (Å²) in [5.74, 6) is 0. The van der Waals surface area contributed by atoms with Crippen LogP contribution in [0.25, 0.3) is 0 Å². The number of aryl methyl sites for hydroxylation is 2. The second-order valence-corrected chi connectivity index (χ2v) is 3.98. The molecule has 13 heavy (non-hydrogen) atoms. The first kappa shape index (κ1) is 8.54. The molecule has 1 aliphatic carbocycles. The van der Waals surface area contributed by atoms with Crippen LogP contribution >= 0.6 is 0 Å². The number of fused-ring (bicyclic) bond motifs is 1. The lowest BCUT2D eigenvalue weighted by Gasteiger charge is -2.10. The highest BCUT2D eigenvalue weighted by molar-refractivity contribution is 5.46. The minimum Gasteiger partial charge on any atom is -0.382 e. The van der Waals surface area contributed by atoms with Crippen LogP contribution in [-0.2, 0) is 12.8 Å². The summed E-state index contributed by atoms with van der Waals surface area (Å²) in [6.07, 6.45) is 5.59. The van der Waals surface area contributed by atoms with Gasteiger partial charge in [0, 0.05) is 11.7 Å². The molecule has 2 heteroatoms. The monoisotopic (exact) mass is 176 g/mol. The van der Waals surface area contributed by atoms with E-state index in [9.17, 15) is 0 Å². The Labute approximate surface area is 79.4 Å². The molecule has 0 fully saturated rings. The molecule has 0 aliphatic heterocycles. The SMILES string of the molecule is CC(C)Nc1cnc2c(c1)CCC2. The van der Waals surface area contributed by atoms with E-state index in [1.807, 2.05) is 6.20 Å². The summed E-state index contributed by atoms with van der Waals surface area (Å²) in [5, 5.41) is 3.37. The Kier molecular flexibility index (Phi) is 2.21. The molecule has 1 aliphatic rings. The van der Waals surface area contributed by atoms with E-state index in [4.69, 9.17) is 0 Å². The number of hydrogen-bond acceptors (Lipinski definition) is 2. The predicted molar refractivity (Wildman–Crippen MR) is 55.0 cm³/mol. The summed E-state index contributed by atoms with van der Waals surface area (Å²) >= 11 is 0. The van der Waals surface area contributed by atoms with Gasteiger partial charge < -0.3 is 5.32 Å². The number of nitrogens with zero attached hydrogens (tertiary/aromatic N) is 1. The molecule has 0 spiro atoms. The van der Waals surface area contributed by atoms with Gasteiger partial charge in [-0.1, -0.05) is 0 Å². The fourth-order valence-electron chi connectivity index (χ4n) is 1.84. The highest BCUT2D eigenvalue weighted by Gasteiger charge is 2.12. The fourth-order valence-corrected chi connectivity index (χ4v) is 1.84. The van der Waals surface area contributed by atoms with Crippen LogP contribution in [0, 0.1) is 0 Å². The Morgan fingerprint density at radius 3 is 3.00 bits per heavy atom. The fraction of sp³-hybridized carbons (Fsp3) is 0.545. The zero-order valence-corrected chi connectivity index (χ0v) is 8.30. The first-order valence-electron chi connectivity index (χ1n) is 5.00. The van der Waals surface area contributed by atoms with E-state index in [0.29, 0.717) is 6.04 Å². The summed E-state index contributed by atoms with van der Waals surface area (Å²) in [6, 6.07) is 2.73. The Bertz CT molecular complexity index is 305. The average Bonchev–Trinajstić information content (AvgIpc) is 2.49. The summed E-state index contributed by atoms with van der Waals surface area (Å²) in [5.41, 5.74) is 3.90. The van der Waals surface area contributed by atoms with Crippen LogP contribution in [0.5, 0.6) is 0 Å². The van der Waals surface area contributed by atoms with Crippen LogP contribution in [-0.4, -0.2) is 11.0 Å². The van der Waals surface area contributed by atoms with Crippen molar-refractivity contribution in [1.82, 2.24) is 4.98 Å². The molecule has 1 aromatic heterocycles. The van der Waals surface area contributed by atoms with Crippen LogP contribution in [0.2, 0.25) is 0 Å². The topological polar surface area (TPSA) is 24.9 Å². The molecule has 1 aromatic rings. The van der Waals surface area contributed by atoms with Crippen LogP contribution in [0.4, 0.5) is 5.69 Å². The third-order valence-corrected chi connectivity index (χ3v) is 2.37. The van der Waals surface area contributed by atoms with E-state index >= 15 is 0 Å². The van der Waals surface area contributed by atoms with Gasteiger partial charge in [0.15, 0.2) is 0 Å². The number of anilines is 1. The zero-order chi connectivity index (χ0) is 9.26. The molecule has 2 nitrogen and oxygen atoms in total. The van der Waals surface area contributed by atoms with Crippen molar-refractivity contribution in [2.75, 3.05) is 5.32 Å². The average molecular weight is 176 g/mol. The molecule has 0 unspecified atom stereocenters. The van der Waals surface area contributed by atoms with Crippen molar-refractivity contribution in [3.63, 3.8) is 0 Å². The Morgan fingerprint density at radius 1 is 1.38 bits per heavy atom. The number of rotatable bonds is 2. The summed E-state index contributed by atoms with van der Waals surface area (Å²) < 4.78 is 0. The van der Waals surface area contributed by atoms with Crippen molar-refractivity contribution in [3.05, 3.63) is 23.5 Å². The Balaban J connectivity index is 2.21. The molecular weight excluding hydrogens is 160 g/mol. The van der Waals surface area contributed by atoms with Gasteiger partial charge >= 0.3 is 0 Å². The lowest BCUT2D eigenvalue weighted by atomic mass is 10.2. The lowest BCUT2D eigenvalue weighted by Crippen LogP contribution is -2.10. The smallest absolute Gasteiger partial charge is 0.0531 e. The molecule has 0 amide bonds. The number of nitrogens with one attached hydrogen (secondary N) is 1. The van der Waals surface area contributed by atoms with Crippen LogP contribution in [0.1, 0.15) is 31.5 Å². The number of pyridine rings is 1. The van der Waals surface area contributed by atoms with Crippen molar-refractivity contribution in [2.45, 2.75) is 39.2 Å². The van der Waals surface area contributed by atoms with Gasteiger partial charge in [0.05, 0.1) is 11.9 Å². The van der Waals surface area contributed by atoms with E-state index in [0.717, 1.165) is 12.1 Å². The normalized spacial score (nSPS) is 14.7. The maximum Gasteiger partial charge on any atom is 0.0531 e. The largest absolute Gasteiger partial charge is 0.382 e. The minimum absolute atomic E-state index is 0.487. The Morgan fingerprint density at radius 2 is 2.23 bits per heavy atom. The van der Waals surface area contributed by atoms with E-state index in [-0.39, 0.29) is 0 Å². The van der Waals surface area contributed by atoms with Crippen LogP contribution in [0.15, 0.2) is 12.3 Å². The molecule has 0 aromatic carbocycles. The molecule has 0 saturated heterocycles. The second kappa shape index (κ2) is 3.36. The maximum absolute atomic E-state index is 4.45. The quantitative estimate of drug-likeness (QED) is 0.748. The molecule has 0 saturated carbocycles. The standard InChI is InChI=1S/C11H16N2/c1-8(2)13-10-6-9-4-3-5-11(9)12-7-10/h6-8,13H,3-5H2,1-2H3. The third kappa shape index (κ3) is 1.82. The van der Waals surface area contributed by atoms with Crippen molar-refractivity contribution in [1.29, 1.82) is 0 Å². The minimum atomic E-state index is 0.487. The summed E-state index contributed by atoms with van der Waals surface area (Å²) in [6.45, 7) is 4.29. The van der Waals surface area contributed by atoms with Gasteiger partial charge in [-0.2, -0.15) is 0 Å². The van der Waals surface area contributed by atoms with Gasteiger partial charge in [0.2, 0.25) is 0 Å². The number of aromatic nitrogens is 1. The first-order valence-corrected chi connectivity index (χ1v) is 5.00. The van der Waals surface area contributed by atoms with Gasteiger partial charge in [-0.3, -0.25) is 4.98 Å². The van der Waals surface area contributed by atoms with Crippen molar-refractivity contribution < 1.29 is 0 Å². The highest BCUT2D eigenvalue weighted by Crippen LogP contribution is 2.22. The van der Waals surface area contributed by atoms with Gasteiger partial charge in [0.25, 0.3) is 0 Å². The first-order chi connectivity index (χ1) is 6.25.